The van der Waals surface area contributed by atoms with Gasteiger partial charge in [0.1, 0.15) is 5.82 Å². The Morgan fingerprint density at radius 1 is 1.25 bits per heavy atom. The maximum absolute atomic E-state index is 13.1. The van der Waals surface area contributed by atoms with Crippen molar-refractivity contribution in [1.82, 2.24) is 4.98 Å². The van der Waals surface area contributed by atoms with Crippen molar-refractivity contribution < 1.29 is 4.39 Å². The summed E-state index contributed by atoms with van der Waals surface area (Å²) in [4.78, 5) is 4.04. The van der Waals surface area contributed by atoms with E-state index in [9.17, 15) is 4.39 Å². The van der Waals surface area contributed by atoms with E-state index in [4.69, 9.17) is 5.73 Å². The molecule has 0 aliphatic heterocycles. The molecule has 1 aromatic carbocycles. The Labute approximate surface area is 93.9 Å². The minimum Gasteiger partial charge on any atom is -0.326 e. The molecular weight excluding hydrogens is 203 g/mol. The van der Waals surface area contributed by atoms with Crippen molar-refractivity contribution in [3.05, 3.63) is 53.6 Å². The summed E-state index contributed by atoms with van der Waals surface area (Å²) >= 11 is 0. The van der Waals surface area contributed by atoms with Gasteiger partial charge in [-0.3, -0.25) is 4.98 Å². The smallest absolute Gasteiger partial charge is 0.123 e. The van der Waals surface area contributed by atoms with Gasteiger partial charge in [-0.25, -0.2) is 4.39 Å². The number of aryl methyl sites for hydroxylation is 1. The van der Waals surface area contributed by atoms with Crippen molar-refractivity contribution in [2.45, 2.75) is 13.5 Å². The predicted octanol–water partition coefficient (Wildman–Crippen LogP) is 2.65. The predicted molar refractivity (Wildman–Crippen MR) is 62.3 cm³/mol. The van der Waals surface area contributed by atoms with Crippen LogP contribution in [-0.4, -0.2) is 4.98 Å². The Balaban J connectivity index is 2.60. The molecule has 0 aliphatic rings. The van der Waals surface area contributed by atoms with E-state index in [1.54, 1.807) is 18.5 Å². The SMILES string of the molecule is Cc1cnccc1-c1ccc(F)cc1CN. The van der Waals surface area contributed by atoms with Crippen LogP contribution in [-0.2, 0) is 6.54 Å². The van der Waals surface area contributed by atoms with Crippen LogP contribution in [0.1, 0.15) is 11.1 Å². The molecule has 0 saturated carbocycles. The van der Waals surface area contributed by atoms with Crippen LogP contribution in [0.4, 0.5) is 4.39 Å². The molecule has 1 aromatic heterocycles. The van der Waals surface area contributed by atoms with Crippen molar-refractivity contribution >= 4 is 0 Å². The first-order valence-corrected chi connectivity index (χ1v) is 5.12. The third-order valence-corrected chi connectivity index (χ3v) is 2.60. The number of hydrogen-bond acceptors (Lipinski definition) is 2. The normalized spacial score (nSPS) is 10.4. The van der Waals surface area contributed by atoms with Crippen LogP contribution in [0, 0.1) is 12.7 Å². The number of nitrogens with zero attached hydrogens (tertiary/aromatic N) is 1. The third-order valence-electron chi connectivity index (χ3n) is 2.60. The molecule has 3 heteroatoms. The molecule has 0 atom stereocenters. The maximum atomic E-state index is 13.1. The van der Waals surface area contributed by atoms with Crippen LogP contribution in [0.25, 0.3) is 11.1 Å². The van der Waals surface area contributed by atoms with Gasteiger partial charge in [-0.15, -0.1) is 0 Å². The zero-order valence-corrected chi connectivity index (χ0v) is 9.07. The zero-order chi connectivity index (χ0) is 11.5. The molecular formula is C13H13FN2. The molecule has 0 spiro atoms. The van der Waals surface area contributed by atoms with E-state index in [0.29, 0.717) is 6.54 Å². The Hall–Kier alpha value is -1.74. The van der Waals surface area contributed by atoms with E-state index < -0.39 is 0 Å². The van der Waals surface area contributed by atoms with Gasteiger partial charge in [0.2, 0.25) is 0 Å². The summed E-state index contributed by atoms with van der Waals surface area (Å²) < 4.78 is 13.1. The summed E-state index contributed by atoms with van der Waals surface area (Å²) in [6.07, 6.45) is 3.52. The molecule has 0 bridgehead atoms. The minimum absolute atomic E-state index is 0.254. The van der Waals surface area contributed by atoms with Crippen molar-refractivity contribution in [2.24, 2.45) is 5.73 Å². The van der Waals surface area contributed by atoms with Gasteiger partial charge in [-0.1, -0.05) is 6.07 Å². The number of aromatic nitrogens is 1. The summed E-state index contributed by atoms with van der Waals surface area (Å²) in [7, 11) is 0. The highest BCUT2D eigenvalue weighted by molar-refractivity contribution is 5.69. The highest BCUT2D eigenvalue weighted by atomic mass is 19.1. The van der Waals surface area contributed by atoms with Crippen molar-refractivity contribution in [1.29, 1.82) is 0 Å². The monoisotopic (exact) mass is 216 g/mol. The zero-order valence-electron chi connectivity index (χ0n) is 9.07. The molecule has 1 heterocycles. The second-order valence-electron chi connectivity index (χ2n) is 3.70. The number of rotatable bonds is 2. The first-order chi connectivity index (χ1) is 7.72. The number of benzene rings is 1. The second-order valence-corrected chi connectivity index (χ2v) is 3.70. The molecule has 0 fully saturated rings. The van der Waals surface area contributed by atoms with Crippen LogP contribution in [0.15, 0.2) is 36.7 Å². The maximum Gasteiger partial charge on any atom is 0.123 e. The summed E-state index contributed by atoms with van der Waals surface area (Å²) in [6.45, 7) is 2.31. The molecule has 0 radical (unpaired) electrons. The lowest BCUT2D eigenvalue weighted by Gasteiger charge is -2.10. The van der Waals surface area contributed by atoms with Gasteiger partial charge in [-0.2, -0.15) is 0 Å². The van der Waals surface area contributed by atoms with Gasteiger partial charge < -0.3 is 5.73 Å². The Kier molecular flexibility index (Phi) is 2.97. The molecule has 0 saturated heterocycles. The molecule has 82 valence electrons. The first kappa shape index (κ1) is 10.8. The topological polar surface area (TPSA) is 38.9 Å². The molecule has 2 aromatic rings. The fourth-order valence-corrected chi connectivity index (χ4v) is 1.77. The first-order valence-electron chi connectivity index (χ1n) is 5.12. The van der Waals surface area contributed by atoms with Crippen LogP contribution in [0.5, 0.6) is 0 Å². The number of pyridine rings is 1. The van der Waals surface area contributed by atoms with Gasteiger partial charge in [0, 0.05) is 18.9 Å². The lowest BCUT2D eigenvalue weighted by molar-refractivity contribution is 0.625. The summed E-state index contributed by atoms with van der Waals surface area (Å²) in [6, 6.07) is 6.62. The van der Waals surface area contributed by atoms with E-state index in [1.807, 2.05) is 13.0 Å². The standard InChI is InChI=1S/C13H13FN2/c1-9-8-16-5-4-12(9)13-3-2-11(14)6-10(13)7-15/h2-6,8H,7,15H2,1H3. The molecule has 2 nitrogen and oxygen atoms in total. The van der Waals surface area contributed by atoms with Gasteiger partial charge in [0.25, 0.3) is 0 Å². The van der Waals surface area contributed by atoms with Crippen molar-refractivity contribution in [2.75, 3.05) is 0 Å². The molecule has 16 heavy (non-hydrogen) atoms. The van der Waals surface area contributed by atoms with Crippen LogP contribution < -0.4 is 5.73 Å². The largest absolute Gasteiger partial charge is 0.326 e. The highest BCUT2D eigenvalue weighted by Crippen LogP contribution is 2.26. The van der Waals surface area contributed by atoms with Gasteiger partial charge in [0.15, 0.2) is 0 Å². The van der Waals surface area contributed by atoms with Gasteiger partial charge >= 0.3 is 0 Å². The second kappa shape index (κ2) is 4.41. The summed E-state index contributed by atoms with van der Waals surface area (Å²) in [5, 5.41) is 0. The number of halogens is 1. The lowest BCUT2D eigenvalue weighted by atomic mass is 9.97. The summed E-state index contributed by atoms with van der Waals surface area (Å²) in [5.74, 6) is -0.254. The fourth-order valence-electron chi connectivity index (χ4n) is 1.77. The van der Waals surface area contributed by atoms with E-state index in [-0.39, 0.29) is 5.82 Å². The minimum atomic E-state index is -0.254. The van der Waals surface area contributed by atoms with Crippen LogP contribution in [0.2, 0.25) is 0 Å². The van der Waals surface area contributed by atoms with Crippen LogP contribution >= 0.6 is 0 Å². The average Bonchev–Trinajstić information content (AvgIpc) is 2.30. The van der Waals surface area contributed by atoms with E-state index in [2.05, 4.69) is 4.98 Å². The lowest BCUT2D eigenvalue weighted by Crippen LogP contribution is -2.00. The van der Waals surface area contributed by atoms with E-state index in [1.165, 1.54) is 12.1 Å². The quantitative estimate of drug-likeness (QED) is 0.838. The third kappa shape index (κ3) is 1.95. The average molecular weight is 216 g/mol. The Morgan fingerprint density at radius 3 is 2.75 bits per heavy atom. The van der Waals surface area contributed by atoms with E-state index >= 15 is 0 Å². The van der Waals surface area contributed by atoms with Crippen molar-refractivity contribution in [3.63, 3.8) is 0 Å². The van der Waals surface area contributed by atoms with Gasteiger partial charge in [0.05, 0.1) is 0 Å². The van der Waals surface area contributed by atoms with Gasteiger partial charge in [-0.05, 0) is 47.4 Å². The highest BCUT2D eigenvalue weighted by Gasteiger charge is 2.07. The summed E-state index contributed by atoms with van der Waals surface area (Å²) in [5.41, 5.74) is 9.52. The Bertz CT molecular complexity index is 509. The fraction of sp³-hybridized carbons (Fsp3) is 0.154. The number of nitrogens with two attached hydrogens (primary N) is 1. The number of hydrogen-bond donors (Lipinski definition) is 1. The molecule has 0 aliphatic carbocycles. The Morgan fingerprint density at radius 2 is 2.06 bits per heavy atom. The van der Waals surface area contributed by atoms with E-state index in [0.717, 1.165) is 22.3 Å². The molecule has 0 amide bonds. The van der Waals surface area contributed by atoms with Crippen LogP contribution in [0.3, 0.4) is 0 Å². The molecule has 0 unspecified atom stereocenters. The molecule has 2 N–H and O–H groups in total. The van der Waals surface area contributed by atoms with Crippen molar-refractivity contribution in [3.8, 4) is 11.1 Å². The molecule has 2 rings (SSSR count).